The zero-order chi connectivity index (χ0) is 14.6. The van der Waals surface area contributed by atoms with E-state index >= 15 is 0 Å². The van der Waals surface area contributed by atoms with E-state index in [0.717, 1.165) is 23.2 Å². The van der Waals surface area contributed by atoms with Crippen LogP contribution in [0, 0.1) is 0 Å². The molecule has 0 bridgehead atoms. The fourth-order valence-corrected chi connectivity index (χ4v) is 1.35. The van der Waals surface area contributed by atoms with Crippen LogP contribution in [0.25, 0.3) is 0 Å². The fraction of sp³-hybridized carbons (Fsp3) is 0.364. The molecule has 0 aromatic carbocycles. The quantitative estimate of drug-likeness (QED) is 0.907. The summed E-state index contributed by atoms with van der Waals surface area (Å²) in [5.41, 5.74) is -1.87. The smallest absolute Gasteiger partial charge is 0.418 e. The summed E-state index contributed by atoms with van der Waals surface area (Å²) in [4.78, 5) is 26.5. The number of carboxylic acids is 1. The second-order valence-electron chi connectivity index (χ2n) is 3.77. The first kappa shape index (κ1) is 14.9. The van der Waals surface area contributed by atoms with Gasteiger partial charge in [0.15, 0.2) is 0 Å². The van der Waals surface area contributed by atoms with E-state index < -0.39 is 29.3 Å². The molecule has 1 heterocycles. The third kappa shape index (κ3) is 3.94. The lowest BCUT2D eigenvalue weighted by Crippen LogP contribution is -2.31. The van der Waals surface area contributed by atoms with Crippen molar-refractivity contribution in [3.63, 3.8) is 0 Å². The number of carboxylic acid groups (broad SMARTS) is 1. The van der Waals surface area contributed by atoms with E-state index in [-0.39, 0.29) is 13.0 Å². The van der Waals surface area contributed by atoms with Crippen LogP contribution in [-0.4, -0.2) is 40.5 Å². The number of hydrogen-bond donors (Lipinski definition) is 1. The van der Waals surface area contributed by atoms with Crippen molar-refractivity contribution >= 4 is 11.9 Å². The molecule has 1 N–H and O–H groups in total. The lowest BCUT2D eigenvalue weighted by Gasteiger charge is -2.18. The minimum atomic E-state index is -4.69. The molecule has 0 saturated carbocycles. The van der Waals surface area contributed by atoms with E-state index in [0.29, 0.717) is 0 Å². The molecule has 0 aliphatic heterocycles. The first-order chi connectivity index (χ1) is 8.73. The molecular weight excluding hydrogens is 265 g/mol. The average molecular weight is 276 g/mol. The van der Waals surface area contributed by atoms with Gasteiger partial charge < -0.3 is 10.0 Å². The molecule has 104 valence electrons. The normalized spacial score (nSPS) is 11.2. The molecule has 0 spiro atoms. The Labute approximate surface area is 106 Å². The Bertz CT molecular complexity index is 488. The molecule has 0 saturated heterocycles. The third-order valence-corrected chi connectivity index (χ3v) is 2.32. The molecule has 19 heavy (non-hydrogen) atoms. The lowest BCUT2D eigenvalue weighted by molar-refractivity contribution is -0.139. The standard InChI is InChI=1S/C11H11F3N2O3/c1-16(6-4-8(17)18)10(19)9-7(11(12,13)14)3-2-5-15-9/h2-3,5H,4,6H2,1H3,(H,17,18). The van der Waals surface area contributed by atoms with Gasteiger partial charge in [-0.2, -0.15) is 13.2 Å². The van der Waals surface area contributed by atoms with Crippen LogP contribution in [0.15, 0.2) is 18.3 Å². The van der Waals surface area contributed by atoms with Crippen LogP contribution in [0.5, 0.6) is 0 Å². The monoisotopic (exact) mass is 276 g/mol. The largest absolute Gasteiger partial charge is 0.481 e. The maximum atomic E-state index is 12.7. The van der Waals surface area contributed by atoms with Crippen molar-refractivity contribution in [2.75, 3.05) is 13.6 Å². The van der Waals surface area contributed by atoms with Crippen LogP contribution in [-0.2, 0) is 11.0 Å². The number of nitrogens with zero attached hydrogens (tertiary/aromatic N) is 2. The summed E-state index contributed by atoms with van der Waals surface area (Å²) >= 11 is 0. The summed E-state index contributed by atoms with van der Waals surface area (Å²) in [6.45, 7) is -0.192. The number of pyridine rings is 1. The second kappa shape index (κ2) is 5.68. The minimum absolute atomic E-state index is 0.192. The highest BCUT2D eigenvalue weighted by molar-refractivity contribution is 5.93. The fourth-order valence-electron chi connectivity index (χ4n) is 1.35. The van der Waals surface area contributed by atoms with Gasteiger partial charge in [-0.05, 0) is 12.1 Å². The van der Waals surface area contributed by atoms with E-state index in [4.69, 9.17) is 5.11 Å². The SMILES string of the molecule is CN(CCC(=O)O)C(=O)c1ncccc1C(F)(F)F. The van der Waals surface area contributed by atoms with Crippen molar-refractivity contribution in [1.82, 2.24) is 9.88 Å². The zero-order valence-electron chi connectivity index (χ0n) is 9.94. The van der Waals surface area contributed by atoms with Gasteiger partial charge in [0, 0.05) is 19.8 Å². The first-order valence-corrected chi connectivity index (χ1v) is 5.23. The molecular formula is C11H11F3N2O3. The Kier molecular flexibility index (Phi) is 4.47. The Morgan fingerprint density at radius 1 is 1.42 bits per heavy atom. The molecule has 1 rings (SSSR count). The molecule has 0 unspecified atom stereocenters. The third-order valence-electron chi connectivity index (χ3n) is 2.32. The summed E-state index contributed by atoms with van der Waals surface area (Å²) in [5, 5.41) is 8.46. The Morgan fingerprint density at radius 3 is 2.58 bits per heavy atom. The van der Waals surface area contributed by atoms with Crippen molar-refractivity contribution in [3.05, 3.63) is 29.6 Å². The number of aromatic nitrogens is 1. The van der Waals surface area contributed by atoms with Gasteiger partial charge in [0.25, 0.3) is 5.91 Å². The number of hydrogen-bond acceptors (Lipinski definition) is 3. The summed E-state index contributed by atoms with van der Waals surface area (Å²) in [5.74, 6) is -2.11. The van der Waals surface area contributed by atoms with Crippen molar-refractivity contribution in [3.8, 4) is 0 Å². The van der Waals surface area contributed by atoms with Crippen molar-refractivity contribution < 1.29 is 27.9 Å². The van der Waals surface area contributed by atoms with E-state index in [1.54, 1.807) is 0 Å². The number of amides is 1. The topological polar surface area (TPSA) is 70.5 Å². The Balaban J connectivity index is 2.97. The molecule has 0 radical (unpaired) electrons. The highest BCUT2D eigenvalue weighted by Crippen LogP contribution is 2.31. The van der Waals surface area contributed by atoms with Gasteiger partial charge in [0.05, 0.1) is 12.0 Å². The first-order valence-electron chi connectivity index (χ1n) is 5.23. The average Bonchev–Trinajstić information content (AvgIpc) is 2.34. The number of rotatable bonds is 4. The van der Waals surface area contributed by atoms with E-state index in [1.807, 2.05) is 0 Å². The number of carbonyl (C=O) groups excluding carboxylic acids is 1. The van der Waals surface area contributed by atoms with Crippen LogP contribution >= 0.6 is 0 Å². The van der Waals surface area contributed by atoms with Crippen LogP contribution in [0.2, 0.25) is 0 Å². The summed E-state index contributed by atoms with van der Waals surface area (Å²) < 4.78 is 38.0. The maximum Gasteiger partial charge on any atom is 0.418 e. The minimum Gasteiger partial charge on any atom is -0.481 e. The van der Waals surface area contributed by atoms with Crippen LogP contribution < -0.4 is 0 Å². The molecule has 1 aromatic heterocycles. The summed E-state index contributed by atoms with van der Waals surface area (Å²) in [7, 11) is 1.22. The molecule has 0 aliphatic rings. The number of alkyl halides is 3. The van der Waals surface area contributed by atoms with Crippen LogP contribution in [0.1, 0.15) is 22.5 Å². The number of aliphatic carboxylic acids is 1. The predicted molar refractivity (Wildman–Crippen MR) is 58.5 cm³/mol. The predicted octanol–water partition coefficient (Wildman–Crippen LogP) is 1.65. The van der Waals surface area contributed by atoms with E-state index in [9.17, 15) is 22.8 Å². The lowest BCUT2D eigenvalue weighted by atomic mass is 10.1. The zero-order valence-corrected chi connectivity index (χ0v) is 9.94. The number of carbonyl (C=O) groups is 2. The molecule has 1 aromatic rings. The van der Waals surface area contributed by atoms with Gasteiger partial charge in [0.2, 0.25) is 0 Å². The van der Waals surface area contributed by atoms with Crippen LogP contribution in [0.3, 0.4) is 0 Å². The van der Waals surface area contributed by atoms with Gasteiger partial charge >= 0.3 is 12.1 Å². The second-order valence-corrected chi connectivity index (χ2v) is 3.77. The summed E-state index contributed by atoms with van der Waals surface area (Å²) in [6.07, 6.45) is -3.96. The summed E-state index contributed by atoms with van der Waals surface area (Å²) in [6, 6.07) is 1.84. The van der Waals surface area contributed by atoms with Crippen molar-refractivity contribution in [2.45, 2.75) is 12.6 Å². The molecule has 8 heteroatoms. The maximum absolute atomic E-state index is 12.7. The molecule has 5 nitrogen and oxygen atoms in total. The molecule has 0 atom stereocenters. The Hall–Kier alpha value is -2.12. The van der Waals surface area contributed by atoms with Crippen molar-refractivity contribution in [1.29, 1.82) is 0 Å². The van der Waals surface area contributed by atoms with Gasteiger partial charge in [-0.1, -0.05) is 0 Å². The highest BCUT2D eigenvalue weighted by atomic mass is 19.4. The molecule has 1 amide bonds. The van der Waals surface area contributed by atoms with Gasteiger partial charge in [-0.3, -0.25) is 14.6 Å². The number of halogens is 3. The van der Waals surface area contributed by atoms with Crippen LogP contribution in [0.4, 0.5) is 13.2 Å². The van der Waals surface area contributed by atoms with Crippen molar-refractivity contribution in [2.24, 2.45) is 0 Å². The Morgan fingerprint density at radius 2 is 2.05 bits per heavy atom. The van der Waals surface area contributed by atoms with Gasteiger partial charge in [-0.25, -0.2) is 0 Å². The van der Waals surface area contributed by atoms with E-state index in [2.05, 4.69) is 4.98 Å². The van der Waals surface area contributed by atoms with Gasteiger partial charge in [-0.15, -0.1) is 0 Å². The van der Waals surface area contributed by atoms with E-state index in [1.165, 1.54) is 7.05 Å². The van der Waals surface area contributed by atoms with Gasteiger partial charge in [0.1, 0.15) is 5.69 Å². The highest BCUT2D eigenvalue weighted by Gasteiger charge is 2.36. The molecule has 0 fully saturated rings. The molecule has 0 aliphatic carbocycles.